The summed E-state index contributed by atoms with van der Waals surface area (Å²) in [7, 11) is 6.66. The smallest absolute Gasteiger partial charge is 0.311 e. The Morgan fingerprint density at radius 3 is 2.11 bits per heavy atom. The number of methoxy groups -OCH3 is 2. The van der Waals surface area contributed by atoms with Gasteiger partial charge in [0.25, 0.3) is 0 Å². The molecule has 3 rings (SSSR count). The van der Waals surface area contributed by atoms with E-state index in [0.29, 0.717) is 12.1 Å². The van der Waals surface area contributed by atoms with E-state index < -0.39 is 102 Å². The van der Waals surface area contributed by atoms with E-state index in [-0.39, 0.29) is 38.2 Å². The van der Waals surface area contributed by atoms with E-state index in [2.05, 4.69) is 5.16 Å². The minimum atomic E-state index is -1.95. The Morgan fingerprint density at radius 1 is 0.909 bits per heavy atom. The Labute approximate surface area is 327 Å². The summed E-state index contributed by atoms with van der Waals surface area (Å²) in [4.78, 5) is 21.6. The van der Waals surface area contributed by atoms with Gasteiger partial charge in [-0.05, 0) is 74.9 Å². The van der Waals surface area contributed by atoms with Crippen LogP contribution in [0.2, 0.25) is 0 Å². The fourth-order valence-electron chi connectivity index (χ4n) is 8.75. The number of carbonyl (C=O) groups excluding carboxylic acids is 1. The highest BCUT2D eigenvalue weighted by molar-refractivity contribution is 5.88. The van der Waals surface area contributed by atoms with Crippen LogP contribution >= 0.6 is 0 Å². The average Bonchev–Trinajstić information content (AvgIpc) is 3.11. The maximum Gasteiger partial charge on any atom is 0.311 e. The monoisotopic (exact) mass is 792 g/mol. The molecule has 3 saturated heterocycles. The highest BCUT2D eigenvalue weighted by Gasteiger charge is 2.53. The number of ether oxygens (including phenoxy) is 7. The molecule has 18 atom stereocenters. The largest absolute Gasteiger partial charge is 0.459 e. The number of hydrogen-bond acceptors (Lipinski definition) is 16. The second kappa shape index (κ2) is 19.5. The molecule has 0 aromatic heterocycles. The van der Waals surface area contributed by atoms with Crippen LogP contribution in [-0.2, 0) is 42.8 Å². The number of rotatable bonds is 10. The molecule has 0 amide bonds. The Hall–Kier alpha value is -1.54. The maximum absolute atomic E-state index is 14.3. The maximum atomic E-state index is 14.3. The van der Waals surface area contributed by atoms with Crippen molar-refractivity contribution < 1.29 is 68.3 Å². The number of esters is 1. The van der Waals surface area contributed by atoms with E-state index in [1.54, 1.807) is 48.5 Å². The number of aliphatic hydroxyl groups excluding tert-OH is 3. The molecule has 0 bridgehead atoms. The summed E-state index contributed by atoms with van der Waals surface area (Å²) < 4.78 is 42.6. The molecular formula is C39H72N2O14. The third-order valence-electron chi connectivity index (χ3n) is 12.2. The first-order valence-corrected chi connectivity index (χ1v) is 19.7. The van der Waals surface area contributed by atoms with Crippen LogP contribution in [0.5, 0.6) is 0 Å². The Kier molecular flexibility index (Phi) is 16.9. The minimum absolute atomic E-state index is 0.0144. The van der Waals surface area contributed by atoms with Gasteiger partial charge in [0.1, 0.15) is 23.9 Å². The number of cyclic esters (lactones) is 1. The second-order valence-electron chi connectivity index (χ2n) is 17.1. The molecular weight excluding hydrogens is 720 g/mol. The van der Waals surface area contributed by atoms with Gasteiger partial charge in [-0.1, -0.05) is 32.9 Å². The van der Waals surface area contributed by atoms with E-state index in [9.17, 15) is 30.3 Å². The molecule has 0 aromatic carbocycles. The first-order chi connectivity index (χ1) is 25.5. The third-order valence-corrected chi connectivity index (χ3v) is 12.2. The number of nitrogens with zero attached hydrogens (tertiary/aromatic N) is 2. The van der Waals surface area contributed by atoms with Crippen LogP contribution < -0.4 is 0 Å². The summed E-state index contributed by atoms with van der Waals surface area (Å²) in [6, 6.07) is -0.319. The van der Waals surface area contributed by atoms with Crippen LogP contribution in [-0.4, -0.2) is 161 Å². The molecule has 0 saturated carbocycles. The van der Waals surface area contributed by atoms with Crippen LogP contribution in [0.15, 0.2) is 5.16 Å². The van der Waals surface area contributed by atoms with Gasteiger partial charge in [-0.15, -0.1) is 0 Å². The number of oxime groups is 1. The number of hydrogen-bond donors (Lipinski definition) is 5. The van der Waals surface area contributed by atoms with Crippen molar-refractivity contribution in [3.8, 4) is 0 Å². The van der Waals surface area contributed by atoms with Crippen LogP contribution in [0.4, 0.5) is 0 Å². The van der Waals surface area contributed by atoms with Crippen molar-refractivity contribution in [2.75, 3.05) is 35.1 Å². The second-order valence-corrected chi connectivity index (χ2v) is 17.1. The lowest BCUT2D eigenvalue weighted by atomic mass is 9.73. The predicted octanol–water partition coefficient (Wildman–Crippen LogP) is 2.19. The van der Waals surface area contributed by atoms with Crippen molar-refractivity contribution in [3.05, 3.63) is 0 Å². The molecule has 0 aliphatic carbocycles. The molecule has 3 fully saturated rings. The van der Waals surface area contributed by atoms with Crippen LogP contribution in [0, 0.1) is 23.7 Å². The van der Waals surface area contributed by atoms with E-state index in [1.165, 1.54) is 21.1 Å². The topological polar surface area (TPSA) is 208 Å². The molecule has 55 heavy (non-hydrogen) atoms. The van der Waals surface area contributed by atoms with Gasteiger partial charge in [-0.25, -0.2) is 0 Å². The zero-order valence-corrected chi connectivity index (χ0v) is 35.5. The first kappa shape index (κ1) is 47.8. The molecule has 0 aromatic rings. The van der Waals surface area contributed by atoms with Gasteiger partial charge >= 0.3 is 5.97 Å². The van der Waals surface area contributed by atoms with Crippen molar-refractivity contribution >= 4 is 11.7 Å². The SMILES string of the molecule is CC[C@H]1OC(=O)[C@H](C)[C@@H](O[C@H]2C[C@@](C)(OC)[C@@H](O)[C@H](C)O2)[C@H](C)[C@@H](O[C@@H]2O[C@H](C)C[C@H](N(C)C)[C@H]2O)[C@](C)(O)C[C@@H](C)/C(=N\OCOC)[C@H](C)[C@@H](O)[C@]1(C)O. The lowest BCUT2D eigenvalue weighted by molar-refractivity contribution is -0.317. The Balaban J connectivity index is 2.24. The first-order valence-electron chi connectivity index (χ1n) is 19.7. The lowest BCUT2D eigenvalue weighted by Gasteiger charge is -2.49. The van der Waals surface area contributed by atoms with Crippen LogP contribution in [0.1, 0.15) is 94.9 Å². The predicted molar refractivity (Wildman–Crippen MR) is 202 cm³/mol. The van der Waals surface area contributed by atoms with Crippen molar-refractivity contribution in [3.63, 3.8) is 0 Å². The quantitative estimate of drug-likeness (QED) is 0.0931. The van der Waals surface area contributed by atoms with Gasteiger partial charge in [0.15, 0.2) is 12.6 Å². The summed E-state index contributed by atoms with van der Waals surface area (Å²) in [5.74, 6) is -4.06. The van der Waals surface area contributed by atoms with E-state index in [0.717, 1.165) is 0 Å². The fourth-order valence-corrected chi connectivity index (χ4v) is 8.75. The van der Waals surface area contributed by atoms with Crippen molar-refractivity contribution in [2.24, 2.45) is 28.8 Å². The summed E-state index contributed by atoms with van der Waals surface area (Å²) in [5, 5.41) is 63.1. The molecule has 0 radical (unpaired) electrons. The fraction of sp³-hybridized carbons (Fsp3) is 0.949. The molecule has 5 N–H and O–H groups in total. The highest BCUT2D eigenvalue weighted by atomic mass is 16.7. The zero-order chi connectivity index (χ0) is 41.8. The Morgan fingerprint density at radius 2 is 1.55 bits per heavy atom. The van der Waals surface area contributed by atoms with Gasteiger partial charge in [0, 0.05) is 44.4 Å². The molecule has 0 spiro atoms. The molecule has 16 heteroatoms. The molecule has 3 heterocycles. The minimum Gasteiger partial charge on any atom is -0.459 e. The molecule has 322 valence electrons. The zero-order valence-electron chi connectivity index (χ0n) is 35.5. The standard InChI is InChI=1S/C39H72N2O14/c1-15-27-39(10,47)32(43)22(4)29(40-50-19-48-13)20(2)17-37(8,46)34(55-36-30(42)26(41(11)12)16-21(3)51-36)23(5)31(24(6)35(45)53-27)54-28-18-38(9,49-14)33(44)25(7)52-28/h20-28,30-34,36,42-44,46-47H,15-19H2,1-14H3/b40-29+/t20-,21-,22+,23+,24-,25+,26+,27-,28+,30-,31+,32-,33+,34-,36+,37-,38-,39-/m1/s1. The van der Waals surface area contributed by atoms with Crippen LogP contribution in [0.25, 0.3) is 0 Å². The van der Waals surface area contributed by atoms with Gasteiger partial charge < -0.3 is 68.4 Å². The lowest BCUT2D eigenvalue weighted by Crippen LogP contribution is -2.61. The molecule has 0 unspecified atom stereocenters. The Bertz CT molecular complexity index is 1250. The van der Waals surface area contributed by atoms with Crippen molar-refractivity contribution in [2.45, 2.75) is 179 Å². The van der Waals surface area contributed by atoms with Gasteiger partial charge in [0.05, 0.1) is 53.4 Å². The van der Waals surface area contributed by atoms with E-state index >= 15 is 0 Å². The summed E-state index contributed by atoms with van der Waals surface area (Å²) >= 11 is 0. The van der Waals surface area contributed by atoms with Crippen molar-refractivity contribution in [1.29, 1.82) is 0 Å². The average molecular weight is 793 g/mol. The molecule has 3 aliphatic rings. The summed E-state index contributed by atoms with van der Waals surface area (Å²) in [5.41, 5.74) is -4.43. The van der Waals surface area contributed by atoms with Crippen molar-refractivity contribution in [1.82, 2.24) is 4.90 Å². The van der Waals surface area contributed by atoms with Crippen LogP contribution in [0.3, 0.4) is 0 Å². The number of aliphatic hydroxyl groups is 5. The third kappa shape index (κ3) is 10.9. The highest BCUT2D eigenvalue weighted by Crippen LogP contribution is 2.41. The van der Waals surface area contributed by atoms with Gasteiger partial charge in [0.2, 0.25) is 6.79 Å². The summed E-state index contributed by atoms with van der Waals surface area (Å²) in [6.45, 7) is 16.8. The van der Waals surface area contributed by atoms with Gasteiger partial charge in [-0.3, -0.25) is 4.79 Å². The number of carbonyl (C=O) groups is 1. The normalized spacial score (nSPS) is 47.7. The molecule has 3 aliphatic heterocycles. The van der Waals surface area contributed by atoms with E-state index in [1.807, 2.05) is 32.8 Å². The van der Waals surface area contributed by atoms with Gasteiger partial charge in [-0.2, -0.15) is 0 Å². The molecule has 16 nitrogen and oxygen atoms in total. The number of likely N-dealkylation sites (N-methyl/N-ethyl adjacent to an activating group) is 1. The summed E-state index contributed by atoms with van der Waals surface area (Å²) in [6.07, 6.45) is -9.34. The van der Waals surface area contributed by atoms with E-state index in [4.69, 9.17) is 38.0 Å².